The number of rotatable bonds is 4. The van der Waals surface area contributed by atoms with Crippen molar-refractivity contribution in [3.63, 3.8) is 0 Å². The molecule has 0 bridgehead atoms. The smallest absolute Gasteiger partial charge is 0.360 e. The Morgan fingerprint density at radius 2 is 2.05 bits per heavy atom. The highest BCUT2D eigenvalue weighted by atomic mass is 19.4. The van der Waals surface area contributed by atoms with Crippen LogP contribution in [-0.4, -0.2) is 24.7 Å². The Kier molecular flexibility index (Phi) is 3.93. The second-order valence-corrected chi connectivity index (χ2v) is 4.27. The first-order chi connectivity index (χ1) is 9.81. The van der Waals surface area contributed by atoms with Crippen molar-refractivity contribution in [3.8, 4) is 0 Å². The number of hydrogen-bond acceptors (Lipinski definition) is 7. The Hall–Kier alpha value is -2.43. The molecule has 0 aliphatic heterocycles. The van der Waals surface area contributed by atoms with Crippen LogP contribution in [-0.2, 0) is 13.2 Å². The first-order valence-corrected chi connectivity index (χ1v) is 5.84. The first-order valence-electron chi connectivity index (χ1n) is 5.84. The molecule has 0 saturated heterocycles. The lowest BCUT2D eigenvalue weighted by Crippen LogP contribution is -2.18. The number of nitrogen functional groups attached to an aromatic ring is 1. The summed E-state index contributed by atoms with van der Waals surface area (Å²) in [7, 11) is 1.72. The van der Waals surface area contributed by atoms with Gasteiger partial charge in [-0.3, -0.25) is 5.43 Å². The minimum Gasteiger partial charge on any atom is -0.360 e. The van der Waals surface area contributed by atoms with E-state index < -0.39 is 17.9 Å². The molecule has 114 valence electrons. The average Bonchev–Trinajstić information content (AvgIpc) is 2.83. The van der Waals surface area contributed by atoms with Crippen molar-refractivity contribution >= 4 is 11.8 Å². The minimum atomic E-state index is -4.60. The van der Waals surface area contributed by atoms with Gasteiger partial charge in [-0.1, -0.05) is 0 Å². The number of hydrogen-bond donors (Lipinski definition) is 3. The number of aromatic nitrogens is 5. The minimum absolute atomic E-state index is 0.0271. The Bertz CT molecular complexity index is 623. The number of hydrazine groups is 1. The van der Waals surface area contributed by atoms with Crippen LogP contribution in [0.4, 0.5) is 24.9 Å². The average molecular weight is 302 g/mol. The summed E-state index contributed by atoms with van der Waals surface area (Å²) in [6.45, 7) is 1.72. The highest BCUT2D eigenvalue weighted by Gasteiger charge is 2.34. The molecule has 0 amide bonds. The van der Waals surface area contributed by atoms with Gasteiger partial charge >= 0.3 is 6.18 Å². The molecule has 11 heteroatoms. The highest BCUT2D eigenvalue weighted by molar-refractivity contribution is 5.43. The largest absolute Gasteiger partial charge is 0.433 e. The number of anilines is 2. The first kappa shape index (κ1) is 15.0. The quantitative estimate of drug-likeness (QED) is 0.573. The maximum absolute atomic E-state index is 12.7. The van der Waals surface area contributed by atoms with Gasteiger partial charge in [-0.2, -0.15) is 18.2 Å². The molecular weight excluding hydrogens is 289 g/mol. The predicted molar refractivity (Wildman–Crippen MR) is 67.9 cm³/mol. The highest BCUT2D eigenvalue weighted by Crippen LogP contribution is 2.30. The molecule has 0 saturated carbocycles. The van der Waals surface area contributed by atoms with Gasteiger partial charge in [0.15, 0.2) is 11.5 Å². The van der Waals surface area contributed by atoms with E-state index in [-0.39, 0.29) is 11.8 Å². The normalized spacial score (nSPS) is 13.0. The Morgan fingerprint density at radius 3 is 2.57 bits per heavy atom. The molecule has 21 heavy (non-hydrogen) atoms. The van der Waals surface area contributed by atoms with Crippen LogP contribution in [0.1, 0.15) is 24.5 Å². The Morgan fingerprint density at radius 1 is 1.33 bits per heavy atom. The molecule has 0 fully saturated rings. The fraction of sp³-hybridized carbons (Fsp3) is 0.400. The third-order valence-corrected chi connectivity index (χ3v) is 2.64. The van der Waals surface area contributed by atoms with E-state index in [9.17, 15) is 13.2 Å². The van der Waals surface area contributed by atoms with Crippen molar-refractivity contribution < 1.29 is 13.2 Å². The van der Waals surface area contributed by atoms with E-state index >= 15 is 0 Å². The topological polar surface area (TPSA) is 107 Å². The van der Waals surface area contributed by atoms with E-state index in [1.165, 1.54) is 6.33 Å². The van der Waals surface area contributed by atoms with Crippen LogP contribution in [0.2, 0.25) is 0 Å². The van der Waals surface area contributed by atoms with Crippen molar-refractivity contribution in [1.82, 2.24) is 24.7 Å². The summed E-state index contributed by atoms with van der Waals surface area (Å²) in [6.07, 6.45) is -3.11. The van der Waals surface area contributed by atoms with E-state index in [1.807, 2.05) is 5.43 Å². The summed E-state index contributed by atoms with van der Waals surface area (Å²) >= 11 is 0. The molecular formula is C10H13F3N8. The molecule has 0 aliphatic rings. The lowest BCUT2D eigenvalue weighted by atomic mass is 10.3. The van der Waals surface area contributed by atoms with Crippen molar-refractivity contribution in [2.24, 2.45) is 12.9 Å². The number of nitrogens with zero attached hydrogens (tertiary/aromatic N) is 5. The second-order valence-electron chi connectivity index (χ2n) is 4.27. The van der Waals surface area contributed by atoms with Crippen molar-refractivity contribution in [2.75, 3.05) is 10.7 Å². The second kappa shape index (κ2) is 5.52. The van der Waals surface area contributed by atoms with Gasteiger partial charge in [-0.25, -0.2) is 10.8 Å². The molecule has 0 spiro atoms. The van der Waals surface area contributed by atoms with Gasteiger partial charge in [0.05, 0.1) is 6.04 Å². The molecule has 1 atom stereocenters. The maximum atomic E-state index is 12.7. The summed E-state index contributed by atoms with van der Waals surface area (Å²) in [5.41, 5.74) is 0.905. The van der Waals surface area contributed by atoms with Gasteiger partial charge in [-0.15, -0.1) is 10.2 Å². The van der Waals surface area contributed by atoms with Gasteiger partial charge in [0, 0.05) is 13.1 Å². The Labute approximate surface area is 117 Å². The SMILES string of the molecule is CC(Nc1cc(C(F)(F)F)nc(NN)n1)c1nncn1C. The molecule has 0 aromatic carbocycles. The summed E-state index contributed by atoms with van der Waals surface area (Å²) in [5.74, 6) is 5.27. The monoisotopic (exact) mass is 302 g/mol. The summed E-state index contributed by atoms with van der Waals surface area (Å²) in [4.78, 5) is 7.09. The van der Waals surface area contributed by atoms with E-state index in [0.717, 1.165) is 6.07 Å². The van der Waals surface area contributed by atoms with Crippen LogP contribution in [0.25, 0.3) is 0 Å². The van der Waals surface area contributed by atoms with Crippen LogP contribution in [0.15, 0.2) is 12.4 Å². The molecule has 4 N–H and O–H groups in total. The number of nitrogens with one attached hydrogen (secondary N) is 2. The van der Waals surface area contributed by atoms with Crippen molar-refractivity contribution in [3.05, 3.63) is 23.9 Å². The molecule has 2 heterocycles. The summed E-state index contributed by atoms with van der Waals surface area (Å²) < 4.78 is 39.9. The van der Waals surface area contributed by atoms with Gasteiger partial charge in [0.2, 0.25) is 5.95 Å². The fourth-order valence-electron chi connectivity index (χ4n) is 1.70. The van der Waals surface area contributed by atoms with E-state index in [0.29, 0.717) is 5.82 Å². The van der Waals surface area contributed by atoms with Gasteiger partial charge in [-0.05, 0) is 6.92 Å². The standard InChI is InChI=1S/C10H13F3N8/c1-5(8-20-15-4-21(8)2)16-7-3-6(10(11,12)13)17-9(18-7)19-14/h3-5H,14H2,1-2H3,(H2,16,17,18,19). The fourth-order valence-corrected chi connectivity index (χ4v) is 1.70. The third-order valence-electron chi connectivity index (χ3n) is 2.64. The lowest BCUT2D eigenvalue weighted by Gasteiger charge is -2.15. The number of nitrogens with two attached hydrogens (primary N) is 1. The lowest BCUT2D eigenvalue weighted by molar-refractivity contribution is -0.141. The van der Waals surface area contributed by atoms with Crippen LogP contribution in [0.3, 0.4) is 0 Å². The summed E-state index contributed by atoms with van der Waals surface area (Å²) in [6, 6.07) is 0.396. The van der Waals surface area contributed by atoms with Crippen molar-refractivity contribution in [1.29, 1.82) is 0 Å². The number of halogens is 3. The van der Waals surface area contributed by atoms with E-state index in [1.54, 1.807) is 18.5 Å². The Balaban J connectivity index is 2.29. The molecule has 8 nitrogen and oxygen atoms in total. The van der Waals surface area contributed by atoms with Gasteiger partial charge < -0.3 is 9.88 Å². The van der Waals surface area contributed by atoms with Gasteiger partial charge in [0.1, 0.15) is 12.1 Å². The zero-order valence-corrected chi connectivity index (χ0v) is 11.2. The number of aryl methyl sites for hydroxylation is 1. The zero-order chi connectivity index (χ0) is 15.6. The van der Waals surface area contributed by atoms with Crippen LogP contribution >= 0.6 is 0 Å². The van der Waals surface area contributed by atoms with Gasteiger partial charge in [0.25, 0.3) is 0 Å². The number of alkyl halides is 3. The zero-order valence-electron chi connectivity index (χ0n) is 11.2. The van der Waals surface area contributed by atoms with Crippen LogP contribution < -0.4 is 16.6 Å². The van der Waals surface area contributed by atoms with E-state index in [2.05, 4.69) is 25.5 Å². The van der Waals surface area contributed by atoms with E-state index in [4.69, 9.17) is 5.84 Å². The van der Waals surface area contributed by atoms with Crippen molar-refractivity contribution in [2.45, 2.75) is 19.1 Å². The molecule has 0 aliphatic carbocycles. The van der Waals surface area contributed by atoms with Crippen LogP contribution in [0.5, 0.6) is 0 Å². The molecule has 2 aromatic rings. The maximum Gasteiger partial charge on any atom is 0.433 e. The molecule has 2 rings (SSSR count). The molecule has 0 radical (unpaired) electrons. The van der Waals surface area contributed by atoms with Crippen LogP contribution in [0, 0.1) is 0 Å². The predicted octanol–water partition coefficient (Wildman–Crippen LogP) is 1.08. The summed E-state index contributed by atoms with van der Waals surface area (Å²) in [5, 5.41) is 10.4. The molecule has 1 unspecified atom stereocenters. The third kappa shape index (κ3) is 3.37. The molecule has 2 aromatic heterocycles.